The van der Waals surface area contributed by atoms with Crippen molar-refractivity contribution in [3.05, 3.63) is 58.1 Å². The molecule has 0 aromatic heterocycles. The number of carbonyl (C=O) groups is 2. The first-order valence-corrected chi connectivity index (χ1v) is 11.1. The van der Waals surface area contributed by atoms with E-state index in [1.807, 2.05) is 30.1 Å². The molecule has 30 heavy (non-hydrogen) atoms. The number of nitrogens with one attached hydrogen (secondary N) is 1. The largest absolute Gasteiger partial charge is 0.493 e. The fraction of sp³-hybridized carbons (Fsp3) is 0.391. The van der Waals surface area contributed by atoms with E-state index in [4.69, 9.17) is 4.74 Å². The number of ether oxygens (including phenoxy) is 1. The summed E-state index contributed by atoms with van der Waals surface area (Å²) >= 11 is 3.43. The molecule has 3 rings (SSSR count). The van der Waals surface area contributed by atoms with Crippen molar-refractivity contribution in [2.45, 2.75) is 19.8 Å². The van der Waals surface area contributed by atoms with Crippen LogP contribution in [0.15, 0.2) is 46.9 Å². The third-order valence-electron chi connectivity index (χ3n) is 5.14. The van der Waals surface area contributed by atoms with Gasteiger partial charge in [0.2, 0.25) is 0 Å². The quantitative estimate of drug-likeness (QED) is 0.609. The summed E-state index contributed by atoms with van der Waals surface area (Å²) in [4.78, 5) is 30.2. The molecule has 6 nitrogen and oxygen atoms in total. The number of rotatable bonds is 7. The third kappa shape index (κ3) is 5.61. The third-order valence-corrected chi connectivity index (χ3v) is 5.63. The van der Waals surface area contributed by atoms with Gasteiger partial charge in [-0.05, 0) is 43.8 Å². The molecular weight excluding hydrogens is 446 g/mol. The average Bonchev–Trinajstić information content (AvgIpc) is 2.75. The zero-order valence-corrected chi connectivity index (χ0v) is 19.1. The Morgan fingerprint density at radius 2 is 1.80 bits per heavy atom. The Morgan fingerprint density at radius 3 is 2.53 bits per heavy atom. The Balaban J connectivity index is 1.79. The van der Waals surface area contributed by atoms with E-state index in [1.54, 1.807) is 24.3 Å². The summed E-state index contributed by atoms with van der Waals surface area (Å²) in [6, 6.07) is 12.5. The predicted octanol–water partition coefficient (Wildman–Crippen LogP) is 4.27. The first-order chi connectivity index (χ1) is 14.5. The molecule has 0 spiro atoms. The minimum absolute atomic E-state index is 0.0624. The number of hydrogen-bond acceptors (Lipinski definition) is 4. The first-order valence-electron chi connectivity index (χ1n) is 10.3. The summed E-state index contributed by atoms with van der Waals surface area (Å²) in [7, 11) is 2.05. The van der Waals surface area contributed by atoms with Crippen LogP contribution < -0.4 is 10.1 Å². The molecule has 0 aliphatic carbocycles. The number of hydrogen-bond donors (Lipinski definition) is 1. The van der Waals surface area contributed by atoms with E-state index in [1.165, 1.54) is 0 Å². The molecule has 1 aliphatic rings. The van der Waals surface area contributed by atoms with Gasteiger partial charge in [0, 0.05) is 30.7 Å². The number of carbonyl (C=O) groups excluding carboxylic acids is 2. The number of halogens is 1. The van der Waals surface area contributed by atoms with Crippen molar-refractivity contribution in [3.63, 3.8) is 0 Å². The highest BCUT2D eigenvalue weighted by molar-refractivity contribution is 9.10. The lowest BCUT2D eigenvalue weighted by Crippen LogP contribution is -2.47. The van der Waals surface area contributed by atoms with Crippen molar-refractivity contribution in [2.75, 3.05) is 45.2 Å². The number of nitrogens with zero attached hydrogens (tertiary/aromatic N) is 2. The molecule has 2 aromatic rings. The molecule has 0 unspecified atom stereocenters. The molecule has 2 amide bonds. The van der Waals surface area contributed by atoms with Crippen molar-refractivity contribution < 1.29 is 14.3 Å². The fourth-order valence-electron chi connectivity index (χ4n) is 3.28. The van der Waals surface area contributed by atoms with Crippen LogP contribution >= 0.6 is 15.9 Å². The predicted molar refractivity (Wildman–Crippen MR) is 122 cm³/mol. The van der Waals surface area contributed by atoms with Crippen molar-refractivity contribution >= 4 is 33.4 Å². The van der Waals surface area contributed by atoms with Gasteiger partial charge < -0.3 is 19.9 Å². The van der Waals surface area contributed by atoms with E-state index in [9.17, 15) is 9.59 Å². The second kappa shape index (κ2) is 10.6. The zero-order chi connectivity index (χ0) is 21.5. The van der Waals surface area contributed by atoms with Gasteiger partial charge in [0.1, 0.15) is 5.75 Å². The Kier molecular flexibility index (Phi) is 7.87. The number of amides is 2. The minimum Gasteiger partial charge on any atom is -0.493 e. The van der Waals surface area contributed by atoms with Gasteiger partial charge in [0.05, 0.1) is 23.4 Å². The maximum absolute atomic E-state index is 13.1. The maximum Gasteiger partial charge on any atom is 0.259 e. The van der Waals surface area contributed by atoms with Crippen LogP contribution in [0.25, 0.3) is 0 Å². The standard InChI is InChI=1S/C23H28BrN3O3/c1-3-4-15-30-21-10-9-17(24)16-19(21)22(28)25-20-8-6-5-7-18(20)23(29)27-13-11-26(2)12-14-27/h5-10,16H,3-4,11-15H2,1-2H3,(H,25,28). The van der Waals surface area contributed by atoms with Gasteiger partial charge in [0.15, 0.2) is 0 Å². The van der Waals surface area contributed by atoms with E-state index >= 15 is 0 Å². The summed E-state index contributed by atoms with van der Waals surface area (Å²) in [5, 5.41) is 2.92. The molecule has 7 heteroatoms. The lowest BCUT2D eigenvalue weighted by Gasteiger charge is -2.32. The zero-order valence-electron chi connectivity index (χ0n) is 17.5. The number of piperazine rings is 1. The van der Waals surface area contributed by atoms with Crippen molar-refractivity contribution in [1.29, 1.82) is 0 Å². The van der Waals surface area contributed by atoms with Crippen LogP contribution in [0.2, 0.25) is 0 Å². The summed E-state index contributed by atoms with van der Waals surface area (Å²) < 4.78 is 6.60. The van der Waals surface area contributed by atoms with E-state index in [0.717, 1.165) is 30.4 Å². The summed E-state index contributed by atoms with van der Waals surface area (Å²) in [6.45, 7) is 5.69. The fourth-order valence-corrected chi connectivity index (χ4v) is 3.64. The van der Waals surface area contributed by atoms with E-state index in [-0.39, 0.29) is 11.8 Å². The van der Waals surface area contributed by atoms with Crippen LogP contribution in [0, 0.1) is 0 Å². The van der Waals surface area contributed by atoms with Crippen LogP contribution in [-0.4, -0.2) is 61.4 Å². The highest BCUT2D eigenvalue weighted by atomic mass is 79.9. The van der Waals surface area contributed by atoms with Crippen molar-refractivity contribution in [1.82, 2.24) is 9.80 Å². The average molecular weight is 474 g/mol. The Hall–Kier alpha value is -2.38. The normalized spacial score (nSPS) is 14.4. The molecule has 1 saturated heterocycles. The monoisotopic (exact) mass is 473 g/mol. The van der Waals surface area contributed by atoms with Crippen LogP contribution in [0.4, 0.5) is 5.69 Å². The Bertz CT molecular complexity index is 895. The van der Waals surface area contributed by atoms with Crippen LogP contribution in [-0.2, 0) is 0 Å². The number of unbranched alkanes of at least 4 members (excludes halogenated alkanes) is 1. The number of anilines is 1. The van der Waals surface area contributed by atoms with E-state index in [0.29, 0.717) is 42.3 Å². The molecule has 0 saturated carbocycles. The summed E-state index contributed by atoms with van der Waals surface area (Å²) in [5.41, 5.74) is 1.44. The van der Waals surface area contributed by atoms with Crippen molar-refractivity contribution in [2.24, 2.45) is 0 Å². The Morgan fingerprint density at radius 1 is 1.07 bits per heavy atom. The van der Waals surface area contributed by atoms with E-state index < -0.39 is 0 Å². The highest BCUT2D eigenvalue weighted by Crippen LogP contribution is 2.26. The number of benzene rings is 2. The van der Waals surface area contributed by atoms with Crippen LogP contribution in [0.3, 0.4) is 0 Å². The highest BCUT2D eigenvalue weighted by Gasteiger charge is 2.23. The molecule has 1 fully saturated rings. The molecule has 1 N–H and O–H groups in total. The molecular formula is C23H28BrN3O3. The number of para-hydroxylation sites is 1. The second-order valence-corrected chi connectivity index (χ2v) is 8.35. The number of likely N-dealkylation sites (N-methyl/N-ethyl adjacent to an activating group) is 1. The van der Waals surface area contributed by atoms with Gasteiger partial charge in [0.25, 0.3) is 11.8 Å². The Labute approximate surface area is 186 Å². The molecule has 2 aromatic carbocycles. The first kappa shape index (κ1) is 22.3. The van der Waals surface area contributed by atoms with Crippen LogP contribution in [0.5, 0.6) is 5.75 Å². The lowest BCUT2D eigenvalue weighted by atomic mass is 10.1. The van der Waals surface area contributed by atoms with Crippen LogP contribution in [0.1, 0.15) is 40.5 Å². The summed E-state index contributed by atoms with van der Waals surface area (Å²) in [6.07, 6.45) is 1.93. The molecule has 0 atom stereocenters. The van der Waals surface area contributed by atoms with Gasteiger partial charge in [-0.25, -0.2) is 0 Å². The van der Waals surface area contributed by atoms with Gasteiger partial charge in [-0.1, -0.05) is 41.4 Å². The summed E-state index contributed by atoms with van der Waals surface area (Å²) in [5.74, 6) is 0.168. The molecule has 0 bridgehead atoms. The minimum atomic E-state index is -0.304. The second-order valence-electron chi connectivity index (χ2n) is 7.44. The molecule has 0 radical (unpaired) electrons. The topological polar surface area (TPSA) is 61.9 Å². The van der Waals surface area contributed by atoms with Gasteiger partial charge in [-0.3, -0.25) is 9.59 Å². The molecule has 1 heterocycles. The van der Waals surface area contributed by atoms with Crippen molar-refractivity contribution in [3.8, 4) is 5.75 Å². The molecule has 160 valence electrons. The molecule has 1 aliphatic heterocycles. The van der Waals surface area contributed by atoms with Gasteiger partial charge in [-0.2, -0.15) is 0 Å². The lowest BCUT2D eigenvalue weighted by molar-refractivity contribution is 0.0665. The van der Waals surface area contributed by atoms with E-state index in [2.05, 4.69) is 33.1 Å². The smallest absolute Gasteiger partial charge is 0.259 e. The van der Waals surface area contributed by atoms with Gasteiger partial charge >= 0.3 is 0 Å². The van der Waals surface area contributed by atoms with Gasteiger partial charge in [-0.15, -0.1) is 0 Å². The SMILES string of the molecule is CCCCOc1ccc(Br)cc1C(=O)Nc1ccccc1C(=O)N1CCN(C)CC1. The maximum atomic E-state index is 13.1.